The summed E-state index contributed by atoms with van der Waals surface area (Å²) in [4.78, 5) is 26.7. The van der Waals surface area contributed by atoms with Gasteiger partial charge in [0.1, 0.15) is 0 Å². The van der Waals surface area contributed by atoms with Crippen molar-refractivity contribution in [3.63, 3.8) is 0 Å². The number of benzene rings is 1. The number of unbranched alkanes of at least 4 members (excludes halogenated alkanes) is 5. The molecule has 1 unspecified atom stereocenters. The predicted octanol–water partition coefficient (Wildman–Crippen LogP) is 4.17. The minimum atomic E-state index is -4.27. The Kier molecular flexibility index (Phi) is 8.36. The van der Waals surface area contributed by atoms with Gasteiger partial charge in [-0.1, -0.05) is 57.2 Å². The van der Waals surface area contributed by atoms with Crippen LogP contribution in [-0.2, 0) is 23.8 Å². The molecule has 6 heteroatoms. The topological polar surface area (TPSA) is 95.9 Å². The van der Waals surface area contributed by atoms with Crippen molar-refractivity contribution in [2.75, 3.05) is 0 Å². The van der Waals surface area contributed by atoms with Crippen LogP contribution in [0.15, 0.2) is 30.2 Å². The minimum absolute atomic E-state index is 0.0958. The molecule has 0 amide bonds. The quantitative estimate of drug-likeness (QED) is 0.277. The summed E-state index contributed by atoms with van der Waals surface area (Å²) < 4.78 is 4.52. The molecular formula is C20H33NO4P+. The summed E-state index contributed by atoms with van der Waals surface area (Å²) in [6.07, 6.45) is 12.8. The van der Waals surface area contributed by atoms with Crippen molar-refractivity contribution < 1.29 is 19.2 Å². The van der Waals surface area contributed by atoms with Gasteiger partial charge in [-0.05, 0) is 48.8 Å². The van der Waals surface area contributed by atoms with Crippen molar-refractivity contribution in [1.82, 2.24) is 0 Å². The Hall–Kier alpha value is -1.13. The van der Waals surface area contributed by atoms with Crippen LogP contribution in [0.1, 0.15) is 68.6 Å². The lowest BCUT2D eigenvalue weighted by molar-refractivity contribution is 0.212. The van der Waals surface area contributed by atoms with E-state index in [2.05, 4.69) is 29.6 Å². The Morgan fingerprint density at radius 1 is 1.15 bits per heavy atom. The molecule has 2 rings (SSSR count). The molecule has 5 nitrogen and oxygen atoms in total. The molecule has 0 heterocycles. The number of rotatable bonds is 10. The largest absolute Gasteiger partial charge is 0.613 e. The summed E-state index contributed by atoms with van der Waals surface area (Å²) in [5.74, 6) is 0.0958. The van der Waals surface area contributed by atoms with Crippen molar-refractivity contribution in [3.8, 4) is 0 Å². The van der Waals surface area contributed by atoms with E-state index in [1.165, 1.54) is 55.2 Å². The van der Waals surface area contributed by atoms with Crippen LogP contribution in [0.2, 0.25) is 0 Å². The molecule has 0 spiro atoms. The lowest BCUT2D eigenvalue weighted by Crippen LogP contribution is -2.21. The molecule has 1 aliphatic rings. The molecule has 0 radical (unpaired) electrons. The second-order valence-corrected chi connectivity index (χ2v) is 8.53. The summed E-state index contributed by atoms with van der Waals surface area (Å²) in [5, 5.41) is 0. The first-order valence-corrected chi connectivity index (χ1v) is 11.3. The van der Waals surface area contributed by atoms with Gasteiger partial charge < -0.3 is 5.73 Å². The van der Waals surface area contributed by atoms with Crippen LogP contribution < -0.4 is 5.73 Å². The second kappa shape index (κ2) is 10.3. The van der Waals surface area contributed by atoms with Crippen LogP contribution in [-0.4, -0.2) is 14.7 Å². The number of nitrogens with two attached hydrogens (primary N) is 1. The van der Waals surface area contributed by atoms with Gasteiger partial charge in [-0.15, -0.1) is 0 Å². The zero-order valence-corrected chi connectivity index (χ0v) is 16.6. The minimum Gasteiger partial charge on any atom is -0.399 e. The molecule has 0 fully saturated rings. The van der Waals surface area contributed by atoms with E-state index in [9.17, 15) is 0 Å². The van der Waals surface area contributed by atoms with Crippen LogP contribution in [0, 0.1) is 5.92 Å². The Balaban J connectivity index is 1.84. The maximum atomic E-state index is 8.88. The fraction of sp³-hybridized carbons (Fsp3) is 0.600. The summed E-state index contributed by atoms with van der Waals surface area (Å²) in [6, 6.07) is 6.75. The smallest absolute Gasteiger partial charge is 0.399 e. The number of hydrogen-bond donors (Lipinski definition) is 4. The second-order valence-electron chi connectivity index (χ2n) is 7.30. The summed E-state index contributed by atoms with van der Waals surface area (Å²) in [5.41, 5.74) is 10.5. The fourth-order valence-corrected chi connectivity index (χ4v) is 3.85. The van der Waals surface area contributed by atoms with Crippen molar-refractivity contribution in [2.24, 2.45) is 11.7 Å². The Bertz CT molecular complexity index is 598. The van der Waals surface area contributed by atoms with E-state index in [0.717, 1.165) is 31.9 Å². The summed E-state index contributed by atoms with van der Waals surface area (Å²) >= 11 is 0. The number of fused-ring (bicyclic) bond motifs is 1. The highest BCUT2D eigenvalue weighted by Crippen LogP contribution is 2.46. The van der Waals surface area contributed by atoms with Crippen LogP contribution in [0.4, 0.5) is 0 Å². The third kappa shape index (κ3) is 7.24. The van der Waals surface area contributed by atoms with Gasteiger partial charge in [0.15, 0.2) is 6.26 Å². The van der Waals surface area contributed by atoms with Gasteiger partial charge in [0, 0.05) is 5.92 Å². The zero-order chi connectivity index (χ0) is 19.0. The molecule has 1 atom stereocenters. The van der Waals surface area contributed by atoms with Gasteiger partial charge in [0.2, 0.25) is 0 Å². The van der Waals surface area contributed by atoms with Gasteiger partial charge in [-0.3, -0.25) is 4.52 Å². The van der Waals surface area contributed by atoms with E-state index in [0.29, 0.717) is 5.70 Å². The molecule has 146 valence electrons. The average Bonchev–Trinajstić information content (AvgIpc) is 2.61. The highest BCUT2D eigenvalue weighted by molar-refractivity contribution is 7.53. The van der Waals surface area contributed by atoms with Gasteiger partial charge >= 0.3 is 8.17 Å². The standard InChI is InChI=1S/C20H33NO4P/c1-2-3-4-5-6-7-8-16-9-10-18-14-19(12-11-17(18)13-16)20(21)15-25-26(22,23)24/h9-10,13,15,19,22-24H,2-8,11-12,14,21H2,1H3/q+1/b20-15-. The van der Waals surface area contributed by atoms with Gasteiger partial charge in [-0.25, -0.2) is 0 Å². The third-order valence-corrected chi connectivity index (χ3v) is 5.51. The van der Waals surface area contributed by atoms with Crippen molar-refractivity contribution in [2.45, 2.75) is 71.1 Å². The molecule has 0 aliphatic heterocycles. The highest BCUT2D eigenvalue weighted by Gasteiger charge is 2.33. The maximum Gasteiger partial charge on any atom is 0.613 e. The van der Waals surface area contributed by atoms with E-state index < -0.39 is 8.17 Å². The molecule has 1 aliphatic carbocycles. The lowest BCUT2D eigenvalue weighted by atomic mass is 9.81. The highest BCUT2D eigenvalue weighted by atomic mass is 31.2. The first-order chi connectivity index (χ1) is 12.4. The third-order valence-electron chi connectivity index (χ3n) is 5.12. The first-order valence-electron chi connectivity index (χ1n) is 9.71. The SMILES string of the molecule is CCCCCCCCc1ccc2c(c1)CCC(/C(N)=C/O[P+](O)(O)O)C2. The van der Waals surface area contributed by atoms with Crippen LogP contribution in [0.3, 0.4) is 0 Å². The normalized spacial score (nSPS) is 17.8. The Morgan fingerprint density at radius 3 is 2.62 bits per heavy atom. The average molecular weight is 382 g/mol. The molecular weight excluding hydrogens is 349 g/mol. The number of aryl methyl sites for hydroxylation is 2. The van der Waals surface area contributed by atoms with E-state index in [4.69, 9.17) is 20.4 Å². The van der Waals surface area contributed by atoms with Crippen molar-refractivity contribution >= 4 is 8.17 Å². The molecule has 1 aromatic rings. The Labute approximate surface area is 157 Å². The molecule has 0 bridgehead atoms. The summed E-state index contributed by atoms with van der Waals surface area (Å²) in [7, 11) is -4.27. The maximum absolute atomic E-state index is 8.88. The lowest BCUT2D eigenvalue weighted by Gasteiger charge is -2.25. The van der Waals surface area contributed by atoms with Crippen molar-refractivity contribution in [1.29, 1.82) is 0 Å². The van der Waals surface area contributed by atoms with E-state index >= 15 is 0 Å². The van der Waals surface area contributed by atoms with E-state index in [-0.39, 0.29) is 5.92 Å². The molecule has 0 saturated heterocycles. The summed E-state index contributed by atoms with van der Waals surface area (Å²) in [6.45, 7) is 2.24. The van der Waals surface area contributed by atoms with Gasteiger partial charge in [0.05, 0.1) is 5.70 Å². The molecule has 5 N–H and O–H groups in total. The zero-order valence-electron chi connectivity index (χ0n) is 15.7. The first kappa shape index (κ1) is 21.2. The van der Waals surface area contributed by atoms with Crippen LogP contribution >= 0.6 is 8.17 Å². The predicted molar refractivity (Wildman–Crippen MR) is 106 cm³/mol. The number of allylic oxidation sites excluding steroid dienone is 1. The van der Waals surface area contributed by atoms with E-state index in [1.54, 1.807) is 0 Å². The van der Waals surface area contributed by atoms with Crippen LogP contribution in [0.25, 0.3) is 0 Å². The Morgan fingerprint density at radius 2 is 1.88 bits per heavy atom. The molecule has 26 heavy (non-hydrogen) atoms. The molecule has 1 aromatic carbocycles. The van der Waals surface area contributed by atoms with Gasteiger partial charge in [0.25, 0.3) is 0 Å². The molecule has 0 aromatic heterocycles. The van der Waals surface area contributed by atoms with Crippen molar-refractivity contribution in [3.05, 3.63) is 46.8 Å². The monoisotopic (exact) mass is 382 g/mol. The van der Waals surface area contributed by atoms with Crippen LogP contribution in [0.5, 0.6) is 0 Å². The van der Waals surface area contributed by atoms with Gasteiger partial charge in [-0.2, -0.15) is 14.7 Å². The molecule has 0 saturated carbocycles. The van der Waals surface area contributed by atoms with E-state index in [1.807, 2.05) is 0 Å². The fourth-order valence-electron chi connectivity index (χ4n) is 3.59. The number of hydrogen-bond acceptors (Lipinski definition) is 5.